The van der Waals surface area contributed by atoms with Gasteiger partial charge in [-0.05, 0) is 43.6 Å². The van der Waals surface area contributed by atoms with Crippen molar-refractivity contribution in [2.75, 3.05) is 11.9 Å². The molecule has 2 rings (SSSR count). The van der Waals surface area contributed by atoms with Crippen LogP contribution in [0.2, 0.25) is 0 Å². The lowest BCUT2D eigenvalue weighted by Gasteiger charge is -2.06. The Morgan fingerprint density at radius 3 is 2.83 bits per heavy atom. The summed E-state index contributed by atoms with van der Waals surface area (Å²) in [4.78, 5) is 13.1. The Kier molecular flexibility index (Phi) is 4.48. The highest BCUT2D eigenvalue weighted by Crippen LogP contribution is 2.29. The molecule has 0 bridgehead atoms. The Bertz CT molecular complexity index is 526. The number of hydrogen-bond donors (Lipinski definition) is 1. The van der Waals surface area contributed by atoms with Gasteiger partial charge in [0.05, 0.1) is 0 Å². The summed E-state index contributed by atoms with van der Waals surface area (Å²) in [5.41, 5.74) is 1.05. The Balaban J connectivity index is 2.15. The summed E-state index contributed by atoms with van der Waals surface area (Å²) in [5, 5.41) is 4.12. The van der Waals surface area contributed by atoms with E-state index in [2.05, 4.69) is 31.6 Å². The van der Waals surface area contributed by atoms with Gasteiger partial charge >= 0.3 is 0 Å². The first-order valence-electron chi connectivity index (χ1n) is 5.74. The van der Waals surface area contributed by atoms with Crippen molar-refractivity contribution in [3.05, 3.63) is 17.6 Å². The second-order valence-corrected chi connectivity index (χ2v) is 5.81. The Morgan fingerprint density at radius 1 is 1.33 bits per heavy atom. The molecule has 0 radical (unpaired) electrons. The standard InChI is InChI=1S/C11H15N5S2/c1-4-5-12-10-13-6-7(2)9(15-10)17-11-14-8(3)16-18-11/h6H,4-5H2,1-3H3,(H,12,13,15). The van der Waals surface area contributed by atoms with Crippen LogP contribution in [0.5, 0.6) is 0 Å². The van der Waals surface area contributed by atoms with Gasteiger partial charge in [0.2, 0.25) is 5.95 Å². The van der Waals surface area contributed by atoms with Gasteiger partial charge in [-0.25, -0.2) is 15.0 Å². The average Bonchev–Trinajstić information content (AvgIpc) is 2.76. The number of aryl methyl sites for hydroxylation is 2. The number of aromatic nitrogens is 4. The van der Waals surface area contributed by atoms with Crippen molar-refractivity contribution in [3.8, 4) is 0 Å². The quantitative estimate of drug-likeness (QED) is 0.850. The van der Waals surface area contributed by atoms with Crippen LogP contribution >= 0.6 is 23.3 Å². The minimum absolute atomic E-state index is 0.672. The number of nitrogens with one attached hydrogen (secondary N) is 1. The van der Waals surface area contributed by atoms with Gasteiger partial charge in [-0.3, -0.25) is 0 Å². The van der Waals surface area contributed by atoms with Crippen molar-refractivity contribution in [1.82, 2.24) is 19.3 Å². The lowest BCUT2D eigenvalue weighted by atomic mass is 10.4. The Hall–Kier alpha value is -1.21. The molecule has 0 unspecified atom stereocenters. The Morgan fingerprint density at radius 2 is 2.17 bits per heavy atom. The molecule has 2 aromatic rings. The van der Waals surface area contributed by atoms with E-state index in [1.807, 2.05) is 20.0 Å². The van der Waals surface area contributed by atoms with Gasteiger partial charge in [0.1, 0.15) is 10.9 Å². The SMILES string of the molecule is CCCNc1ncc(C)c(Sc2nc(C)ns2)n1. The van der Waals surface area contributed by atoms with E-state index < -0.39 is 0 Å². The highest BCUT2D eigenvalue weighted by atomic mass is 32.2. The molecule has 0 spiro atoms. The first-order chi connectivity index (χ1) is 8.69. The topological polar surface area (TPSA) is 63.6 Å². The van der Waals surface area contributed by atoms with Crippen LogP contribution in [0, 0.1) is 13.8 Å². The van der Waals surface area contributed by atoms with Crippen LogP contribution in [0.4, 0.5) is 5.95 Å². The van der Waals surface area contributed by atoms with E-state index in [0.29, 0.717) is 5.95 Å². The lowest BCUT2D eigenvalue weighted by molar-refractivity contribution is 0.925. The second-order valence-electron chi connectivity index (χ2n) is 3.82. The van der Waals surface area contributed by atoms with Gasteiger partial charge in [-0.1, -0.05) is 6.92 Å². The molecule has 0 atom stereocenters. The maximum atomic E-state index is 4.49. The van der Waals surface area contributed by atoms with Crippen LogP contribution in [0.25, 0.3) is 0 Å². The van der Waals surface area contributed by atoms with Gasteiger partial charge < -0.3 is 5.32 Å². The monoisotopic (exact) mass is 281 g/mol. The fourth-order valence-corrected chi connectivity index (χ4v) is 2.86. The van der Waals surface area contributed by atoms with Crippen LogP contribution in [0.1, 0.15) is 24.7 Å². The van der Waals surface area contributed by atoms with E-state index in [1.165, 1.54) is 23.3 Å². The zero-order valence-electron chi connectivity index (χ0n) is 10.6. The van der Waals surface area contributed by atoms with Gasteiger partial charge in [0.15, 0.2) is 4.34 Å². The van der Waals surface area contributed by atoms with Crippen molar-refractivity contribution in [2.45, 2.75) is 36.6 Å². The van der Waals surface area contributed by atoms with Gasteiger partial charge in [-0.15, -0.1) is 0 Å². The number of rotatable bonds is 5. The van der Waals surface area contributed by atoms with Gasteiger partial charge in [-0.2, -0.15) is 4.37 Å². The van der Waals surface area contributed by atoms with Crippen molar-refractivity contribution in [2.24, 2.45) is 0 Å². The van der Waals surface area contributed by atoms with Gasteiger partial charge in [0, 0.05) is 18.3 Å². The molecule has 2 heterocycles. The maximum absolute atomic E-state index is 4.49. The zero-order chi connectivity index (χ0) is 13.0. The summed E-state index contributed by atoms with van der Waals surface area (Å²) in [6, 6.07) is 0. The van der Waals surface area contributed by atoms with Gasteiger partial charge in [0.25, 0.3) is 0 Å². The minimum atomic E-state index is 0.672. The highest BCUT2D eigenvalue weighted by molar-refractivity contribution is 8.00. The van der Waals surface area contributed by atoms with Crippen molar-refractivity contribution in [3.63, 3.8) is 0 Å². The fraction of sp³-hybridized carbons (Fsp3) is 0.455. The summed E-state index contributed by atoms with van der Waals surface area (Å²) in [6.45, 7) is 6.88. The van der Waals surface area contributed by atoms with E-state index >= 15 is 0 Å². The lowest BCUT2D eigenvalue weighted by Crippen LogP contribution is -2.05. The first kappa shape index (κ1) is 13.2. The van der Waals surface area contributed by atoms with E-state index in [9.17, 15) is 0 Å². The fourth-order valence-electron chi connectivity index (χ4n) is 1.25. The minimum Gasteiger partial charge on any atom is -0.354 e. The normalized spacial score (nSPS) is 10.6. The molecule has 0 saturated carbocycles. The van der Waals surface area contributed by atoms with E-state index in [0.717, 1.165) is 33.7 Å². The number of anilines is 1. The third-order valence-electron chi connectivity index (χ3n) is 2.15. The third-order valence-corrected chi connectivity index (χ3v) is 4.10. The van der Waals surface area contributed by atoms with E-state index in [1.54, 1.807) is 0 Å². The highest BCUT2D eigenvalue weighted by Gasteiger charge is 2.09. The molecule has 7 heteroatoms. The summed E-state index contributed by atoms with van der Waals surface area (Å²) in [6.07, 6.45) is 2.89. The molecule has 5 nitrogen and oxygen atoms in total. The third kappa shape index (κ3) is 3.39. The molecular formula is C11H15N5S2. The van der Waals surface area contributed by atoms with Crippen LogP contribution < -0.4 is 5.32 Å². The molecule has 2 aromatic heterocycles. The summed E-state index contributed by atoms with van der Waals surface area (Å²) in [7, 11) is 0. The smallest absolute Gasteiger partial charge is 0.223 e. The van der Waals surface area contributed by atoms with E-state index in [4.69, 9.17) is 0 Å². The van der Waals surface area contributed by atoms with E-state index in [-0.39, 0.29) is 0 Å². The molecule has 0 saturated heterocycles. The molecule has 0 amide bonds. The van der Waals surface area contributed by atoms with Crippen LogP contribution in [0.3, 0.4) is 0 Å². The molecule has 0 aliphatic rings. The molecular weight excluding hydrogens is 266 g/mol. The predicted octanol–water partition coefficient (Wildman–Crippen LogP) is 2.92. The molecule has 18 heavy (non-hydrogen) atoms. The molecule has 96 valence electrons. The summed E-state index contributed by atoms with van der Waals surface area (Å²) in [5.74, 6) is 1.48. The molecule has 0 aliphatic heterocycles. The van der Waals surface area contributed by atoms with Crippen molar-refractivity contribution in [1.29, 1.82) is 0 Å². The average molecular weight is 281 g/mol. The largest absolute Gasteiger partial charge is 0.354 e. The maximum Gasteiger partial charge on any atom is 0.223 e. The van der Waals surface area contributed by atoms with Crippen LogP contribution in [0.15, 0.2) is 15.6 Å². The second kappa shape index (κ2) is 6.10. The molecule has 0 fully saturated rings. The molecule has 0 aromatic carbocycles. The Labute approximate surface area is 115 Å². The van der Waals surface area contributed by atoms with Crippen LogP contribution in [-0.2, 0) is 0 Å². The number of hydrogen-bond acceptors (Lipinski definition) is 7. The zero-order valence-corrected chi connectivity index (χ0v) is 12.2. The number of nitrogens with zero attached hydrogens (tertiary/aromatic N) is 4. The van der Waals surface area contributed by atoms with Crippen molar-refractivity contribution >= 4 is 29.2 Å². The van der Waals surface area contributed by atoms with Crippen molar-refractivity contribution < 1.29 is 0 Å². The predicted molar refractivity (Wildman–Crippen MR) is 74.3 cm³/mol. The first-order valence-corrected chi connectivity index (χ1v) is 7.33. The molecule has 0 aliphatic carbocycles. The van der Waals surface area contributed by atoms with Crippen LogP contribution in [-0.4, -0.2) is 25.9 Å². The summed E-state index contributed by atoms with van der Waals surface area (Å²) < 4.78 is 5.08. The molecule has 1 N–H and O–H groups in total. The summed E-state index contributed by atoms with van der Waals surface area (Å²) >= 11 is 2.93.